The van der Waals surface area contributed by atoms with Crippen LogP contribution in [0.25, 0.3) is 0 Å². The van der Waals surface area contributed by atoms with Gasteiger partial charge in [0.1, 0.15) is 0 Å². The van der Waals surface area contributed by atoms with Gasteiger partial charge in [0.25, 0.3) is 0 Å². The number of rotatable bonds is 7. The van der Waals surface area contributed by atoms with Gasteiger partial charge in [0.2, 0.25) is 0 Å². The van der Waals surface area contributed by atoms with Crippen molar-refractivity contribution in [2.75, 3.05) is 20.3 Å². The van der Waals surface area contributed by atoms with E-state index in [2.05, 4.69) is 11.1 Å². The van der Waals surface area contributed by atoms with E-state index in [0.717, 1.165) is 29.2 Å². The second kappa shape index (κ2) is 7.64. The number of nitrogens with two attached hydrogens (primary N) is 1. The van der Waals surface area contributed by atoms with Crippen LogP contribution in [0.5, 0.6) is 11.5 Å². The second-order valence-electron chi connectivity index (χ2n) is 4.77. The van der Waals surface area contributed by atoms with E-state index in [1.165, 1.54) is 0 Å². The number of pyridine rings is 1. The van der Waals surface area contributed by atoms with Gasteiger partial charge in [-0.2, -0.15) is 0 Å². The van der Waals surface area contributed by atoms with Gasteiger partial charge in [0.05, 0.1) is 13.7 Å². The Labute approximate surface area is 125 Å². The smallest absolute Gasteiger partial charge is 0.164 e. The van der Waals surface area contributed by atoms with Crippen LogP contribution in [0.3, 0.4) is 0 Å². The number of aromatic nitrogens is 1. The van der Waals surface area contributed by atoms with E-state index in [0.29, 0.717) is 13.2 Å². The summed E-state index contributed by atoms with van der Waals surface area (Å²) in [4.78, 5) is 4.41. The average molecular weight is 286 g/mol. The molecular formula is C17H22N2O2. The molecule has 4 heteroatoms. The first-order valence-electron chi connectivity index (χ1n) is 7.19. The summed E-state index contributed by atoms with van der Waals surface area (Å²) in [6, 6.07) is 11.8. The third kappa shape index (κ3) is 3.73. The standard InChI is InChI=1S/C17H22N2O2/c1-3-21-17-13(7-6-9-16(17)20-2)11-14(12-18)15-8-4-5-10-19-15/h4-10,14H,3,11-12,18H2,1-2H3. The Balaban J connectivity index is 2.29. The fourth-order valence-electron chi connectivity index (χ4n) is 2.38. The monoisotopic (exact) mass is 286 g/mol. The minimum Gasteiger partial charge on any atom is -0.493 e. The molecule has 0 saturated heterocycles. The molecule has 2 rings (SSSR count). The van der Waals surface area contributed by atoms with Crippen LogP contribution < -0.4 is 15.2 Å². The van der Waals surface area contributed by atoms with Gasteiger partial charge in [0.15, 0.2) is 11.5 Å². The summed E-state index contributed by atoms with van der Waals surface area (Å²) in [5.74, 6) is 1.72. The van der Waals surface area contributed by atoms with Crippen molar-refractivity contribution in [1.82, 2.24) is 4.98 Å². The maximum absolute atomic E-state index is 5.94. The van der Waals surface area contributed by atoms with Crippen molar-refractivity contribution in [1.29, 1.82) is 0 Å². The summed E-state index contributed by atoms with van der Waals surface area (Å²) in [5, 5.41) is 0. The molecule has 0 aliphatic carbocycles. The summed E-state index contributed by atoms with van der Waals surface area (Å²) in [7, 11) is 1.65. The lowest BCUT2D eigenvalue weighted by Crippen LogP contribution is -2.16. The van der Waals surface area contributed by atoms with Crippen molar-refractivity contribution in [2.45, 2.75) is 19.3 Å². The number of methoxy groups -OCH3 is 1. The molecule has 1 aromatic carbocycles. The number of nitrogens with zero attached hydrogens (tertiary/aromatic N) is 1. The Morgan fingerprint density at radius 2 is 2.05 bits per heavy atom. The minimum atomic E-state index is 0.164. The molecule has 0 bridgehead atoms. The van der Waals surface area contributed by atoms with Gasteiger partial charge in [0, 0.05) is 24.4 Å². The van der Waals surface area contributed by atoms with Crippen LogP contribution in [0.15, 0.2) is 42.6 Å². The zero-order chi connectivity index (χ0) is 15.1. The van der Waals surface area contributed by atoms with Crippen molar-refractivity contribution < 1.29 is 9.47 Å². The van der Waals surface area contributed by atoms with Crippen LogP contribution in [0.4, 0.5) is 0 Å². The first kappa shape index (κ1) is 15.3. The van der Waals surface area contributed by atoms with E-state index < -0.39 is 0 Å². The molecule has 21 heavy (non-hydrogen) atoms. The number of hydrogen-bond acceptors (Lipinski definition) is 4. The molecule has 1 unspecified atom stereocenters. The number of hydrogen-bond donors (Lipinski definition) is 1. The lowest BCUT2D eigenvalue weighted by Gasteiger charge is -2.18. The average Bonchev–Trinajstić information content (AvgIpc) is 2.54. The van der Waals surface area contributed by atoms with Gasteiger partial charge in [-0.05, 0) is 37.1 Å². The first-order chi connectivity index (χ1) is 10.3. The number of ether oxygens (including phenoxy) is 2. The third-order valence-corrected chi connectivity index (χ3v) is 3.43. The maximum Gasteiger partial charge on any atom is 0.164 e. The van der Waals surface area contributed by atoms with Gasteiger partial charge in [-0.3, -0.25) is 4.98 Å². The van der Waals surface area contributed by atoms with E-state index in [9.17, 15) is 0 Å². The molecule has 1 aromatic heterocycles. The summed E-state index contributed by atoms with van der Waals surface area (Å²) in [5.41, 5.74) is 8.03. The summed E-state index contributed by atoms with van der Waals surface area (Å²) >= 11 is 0. The van der Waals surface area contributed by atoms with Gasteiger partial charge in [-0.1, -0.05) is 18.2 Å². The molecule has 4 nitrogen and oxygen atoms in total. The maximum atomic E-state index is 5.94. The van der Waals surface area contributed by atoms with Gasteiger partial charge in [-0.25, -0.2) is 0 Å². The molecule has 2 aromatic rings. The molecule has 0 aliphatic rings. The van der Waals surface area contributed by atoms with Crippen molar-refractivity contribution in [3.8, 4) is 11.5 Å². The highest BCUT2D eigenvalue weighted by Crippen LogP contribution is 2.33. The van der Waals surface area contributed by atoms with Crippen molar-refractivity contribution in [3.05, 3.63) is 53.9 Å². The zero-order valence-corrected chi connectivity index (χ0v) is 12.6. The van der Waals surface area contributed by atoms with Gasteiger partial charge < -0.3 is 15.2 Å². The SMILES string of the molecule is CCOc1c(CC(CN)c2ccccn2)cccc1OC. The molecule has 0 radical (unpaired) electrons. The molecular weight excluding hydrogens is 264 g/mol. The second-order valence-corrected chi connectivity index (χ2v) is 4.77. The Hall–Kier alpha value is -2.07. The molecule has 112 valence electrons. The third-order valence-electron chi connectivity index (χ3n) is 3.43. The van der Waals surface area contributed by atoms with Gasteiger partial charge in [-0.15, -0.1) is 0 Å². The lowest BCUT2D eigenvalue weighted by molar-refractivity contribution is 0.307. The Kier molecular flexibility index (Phi) is 5.58. The largest absolute Gasteiger partial charge is 0.493 e. The lowest BCUT2D eigenvalue weighted by atomic mass is 9.95. The van der Waals surface area contributed by atoms with Crippen LogP contribution in [-0.2, 0) is 6.42 Å². The van der Waals surface area contributed by atoms with E-state index >= 15 is 0 Å². The first-order valence-corrected chi connectivity index (χ1v) is 7.19. The quantitative estimate of drug-likeness (QED) is 0.850. The zero-order valence-electron chi connectivity index (χ0n) is 12.6. The van der Waals surface area contributed by atoms with Crippen LogP contribution in [0.1, 0.15) is 24.1 Å². The summed E-state index contributed by atoms with van der Waals surface area (Å²) in [6.07, 6.45) is 2.58. The minimum absolute atomic E-state index is 0.164. The van der Waals surface area contributed by atoms with Crippen molar-refractivity contribution >= 4 is 0 Å². The van der Waals surface area contributed by atoms with E-state index in [-0.39, 0.29) is 5.92 Å². The topological polar surface area (TPSA) is 57.4 Å². The summed E-state index contributed by atoms with van der Waals surface area (Å²) < 4.78 is 11.1. The molecule has 0 fully saturated rings. The molecule has 0 aliphatic heterocycles. The Morgan fingerprint density at radius 1 is 1.19 bits per heavy atom. The Bertz CT molecular complexity index is 558. The van der Waals surface area contributed by atoms with Crippen molar-refractivity contribution in [3.63, 3.8) is 0 Å². The molecule has 0 saturated carbocycles. The normalized spacial score (nSPS) is 12.0. The molecule has 1 heterocycles. The van der Waals surface area contributed by atoms with Crippen LogP contribution >= 0.6 is 0 Å². The highest BCUT2D eigenvalue weighted by molar-refractivity contribution is 5.47. The summed E-state index contributed by atoms with van der Waals surface area (Å²) in [6.45, 7) is 3.11. The Morgan fingerprint density at radius 3 is 2.67 bits per heavy atom. The predicted octanol–water partition coefficient (Wildman–Crippen LogP) is 2.77. The number of para-hydroxylation sites is 1. The van der Waals surface area contributed by atoms with Crippen LogP contribution in [-0.4, -0.2) is 25.2 Å². The number of benzene rings is 1. The van der Waals surface area contributed by atoms with E-state index in [1.807, 2.05) is 37.3 Å². The molecule has 2 N–H and O–H groups in total. The van der Waals surface area contributed by atoms with Crippen LogP contribution in [0.2, 0.25) is 0 Å². The van der Waals surface area contributed by atoms with Gasteiger partial charge >= 0.3 is 0 Å². The highest BCUT2D eigenvalue weighted by atomic mass is 16.5. The highest BCUT2D eigenvalue weighted by Gasteiger charge is 2.17. The fourth-order valence-corrected chi connectivity index (χ4v) is 2.38. The fraction of sp³-hybridized carbons (Fsp3) is 0.353. The van der Waals surface area contributed by atoms with Crippen LogP contribution in [0, 0.1) is 0 Å². The molecule has 0 spiro atoms. The van der Waals surface area contributed by atoms with E-state index in [1.54, 1.807) is 13.3 Å². The molecule has 1 atom stereocenters. The van der Waals surface area contributed by atoms with Crippen molar-refractivity contribution in [2.24, 2.45) is 5.73 Å². The molecule has 0 amide bonds. The van der Waals surface area contributed by atoms with E-state index in [4.69, 9.17) is 15.2 Å². The predicted molar refractivity (Wildman–Crippen MR) is 83.9 cm³/mol.